The van der Waals surface area contributed by atoms with Crippen molar-refractivity contribution >= 4 is 12.6 Å². The van der Waals surface area contributed by atoms with Crippen LogP contribution >= 0.6 is 12.6 Å². The molecule has 0 amide bonds. The zero-order valence-corrected chi connectivity index (χ0v) is 10.8. The van der Waals surface area contributed by atoms with E-state index in [9.17, 15) is 0 Å². The molecule has 0 heterocycles. The molecule has 86 valence electrons. The summed E-state index contributed by atoms with van der Waals surface area (Å²) >= 11 is 4.58. The Kier molecular flexibility index (Phi) is 11.6. The van der Waals surface area contributed by atoms with Crippen LogP contribution in [0.1, 0.15) is 58.8 Å². The SMILES string of the molecule is CCCCNCCCC(S)CCCC. The van der Waals surface area contributed by atoms with E-state index in [0.29, 0.717) is 5.25 Å². The molecule has 2 heteroatoms. The Bertz CT molecular complexity index is 106. The molecule has 0 saturated heterocycles. The van der Waals surface area contributed by atoms with Gasteiger partial charge in [0.05, 0.1) is 0 Å². The first-order valence-corrected chi connectivity index (χ1v) is 6.71. The molecule has 0 fully saturated rings. The van der Waals surface area contributed by atoms with Gasteiger partial charge in [0.1, 0.15) is 0 Å². The van der Waals surface area contributed by atoms with Gasteiger partial charge in [0.15, 0.2) is 0 Å². The molecule has 0 aliphatic heterocycles. The topological polar surface area (TPSA) is 12.0 Å². The molecule has 0 rings (SSSR count). The summed E-state index contributed by atoms with van der Waals surface area (Å²) in [5.74, 6) is 0. The molecule has 0 bridgehead atoms. The van der Waals surface area contributed by atoms with E-state index in [-0.39, 0.29) is 0 Å². The first-order valence-electron chi connectivity index (χ1n) is 6.20. The molecule has 1 unspecified atom stereocenters. The molecular weight excluding hydrogens is 190 g/mol. The normalized spacial score (nSPS) is 13.1. The largest absolute Gasteiger partial charge is 0.317 e. The van der Waals surface area contributed by atoms with E-state index < -0.39 is 0 Å². The Morgan fingerprint density at radius 3 is 2.14 bits per heavy atom. The third kappa shape index (κ3) is 10.4. The molecule has 1 nitrogen and oxygen atoms in total. The number of hydrogen-bond acceptors (Lipinski definition) is 2. The fourth-order valence-electron chi connectivity index (χ4n) is 1.47. The van der Waals surface area contributed by atoms with Crippen LogP contribution in [0, 0.1) is 0 Å². The molecule has 0 aliphatic rings. The number of unbranched alkanes of at least 4 members (excludes halogenated alkanes) is 2. The molecule has 0 spiro atoms. The second-order valence-electron chi connectivity index (χ2n) is 4.04. The van der Waals surface area contributed by atoms with Crippen molar-refractivity contribution in [3.63, 3.8) is 0 Å². The third-order valence-electron chi connectivity index (χ3n) is 2.49. The molecule has 1 atom stereocenters. The van der Waals surface area contributed by atoms with E-state index in [1.54, 1.807) is 0 Å². The molecule has 0 aliphatic carbocycles. The Labute approximate surface area is 95.5 Å². The van der Waals surface area contributed by atoms with E-state index in [0.717, 1.165) is 0 Å². The Hall–Kier alpha value is 0.310. The number of thiol groups is 1. The zero-order chi connectivity index (χ0) is 10.6. The van der Waals surface area contributed by atoms with Crippen LogP contribution in [-0.2, 0) is 0 Å². The number of rotatable bonds is 10. The summed E-state index contributed by atoms with van der Waals surface area (Å²) in [5, 5.41) is 4.09. The van der Waals surface area contributed by atoms with Crippen molar-refractivity contribution < 1.29 is 0 Å². The predicted octanol–water partition coefficient (Wildman–Crippen LogP) is 3.64. The Balaban J connectivity index is 3.02. The number of nitrogens with one attached hydrogen (secondary N) is 1. The summed E-state index contributed by atoms with van der Waals surface area (Å²) in [6, 6.07) is 0. The summed E-state index contributed by atoms with van der Waals surface area (Å²) < 4.78 is 0. The van der Waals surface area contributed by atoms with Gasteiger partial charge in [-0.2, -0.15) is 12.6 Å². The zero-order valence-electron chi connectivity index (χ0n) is 9.89. The van der Waals surface area contributed by atoms with Crippen molar-refractivity contribution in [2.75, 3.05) is 13.1 Å². The maximum absolute atomic E-state index is 4.58. The van der Waals surface area contributed by atoms with Gasteiger partial charge >= 0.3 is 0 Å². The van der Waals surface area contributed by atoms with E-state index in [4.69, 9.17) is 0 Å². The van der Waals surface area contributed by atoms with Crippen molar-refractivity contribution in [2.24, 2.45) is 0 Å². The van der Waals surface area contributed by atoms with E-state index in [1.165, 1.54) is 58.0 Å². The lowest BCUT2D eigenvalue weighted by Gasteiger charge is -2.09. The van der Waals surface area contributed by atoms with Gasteiger partial charge in [-0.1, -0.05) is 33.1 Å². The average molecular weight is 217 g/mol. The monoisotopic (exact) mass is 217 g/mol. The predicted molar refractivity (Wildman–Crippen MR) is 69.3 cm³/mol. The van der Waals surface area contributed by atoms with Crippen LogP contribution < -0.4 is 5.32 Å². The second kappa shape index (κ2) is 11.4. The third-order valence-corrected chi connectivity index (χ3v) is 3.01. The van der Waals surface area contributed by atoms with Gasteiger partial charge in [-0.3, -0.25) is 0 Å². The van der Waals surface area contributed by atoms with Crippen molar-refractivity contribution in [1.29, 1.82) is 0 Å². The second-order valence-corrected chi connectivity index (χ2v) is 4.77. The van der Waals surface area contributed by atoms with Gasteiger partial charge in [0, 0.05) is 5.25 Å². The van der Waals surface area contributed by atoms with Crippen LogP contribution in [0.4, 0.5) is 0 Å². The lowest BCUT2D eigenvalue weighted by atomic mass is 10.1. The van der Waals surface area contributed by atoms with E-state index >= 15 is 0 Å². The molecule has 0 aromatic carbocycles. The minimum atomic E-state index is 0.628. The van der Waals surface area contributed by atoms with Crippen LogP contribution in [-0.4, -0.2) is 18.3 Å². The first kappa shape index (κ1) is 14.3. The highest BCUT2D eigenvalue weighted by Gasteiger charge is 2.01. The summed E-state index contributed by atoms with van der Waals surface area (Å²) in [7, 11) is 0. The highest BCUT2D eigenvalue weighted by atomic mass is 32.1. The molecule has 14 heavy (non-hydrogen) atoms. The lowest BCUT2D eigenvalue weighted by molar-refractivity contribution is 0.572. The molecule has 0 radical (unpaired) electrons. The highest BCUT2D eigenvalue weighted by molar-refractivity contribution is 7.80. The van der Waals surface area contributed by atoms with Gasteiger partial charge in [0.2, 0.25) is 0 Å². The average Bonchev–Trinajstić information content (AvgIpc) is 2.20. The summed E-state index contributed by atoms with van der Waals surface area (Å²) in [6.07, 6.45) is 9.06. The van der Waals surface area contributed by atoms with Crippen molar-refractivity contribution in [3.8, 4) is 0 Å². The van der Waals surface area contributed by atoms with E-state index in [2.05, 4.69) is 31.8 Å². The van der Waals surface area contributed by atoms with Crippen LogP contribution in [0.25, 0.3) is 0 Å². The van der Waals surface area contributed by atoms with Crippen molar-refractivity contribution in [1.82, 2.24) is 5.32 Å². The summed E-state index contributed by atoms with van der Waals surface area (Å²) in [5.41, 5.74) is 0. The quantitative estimate of drug-likeness (QED) is 0.420. The summed E-state index contributed by atoms with van der Waals surface area (Å²) in [4.78, 5) is 0. The fourth-order valence-corrected chi connectivity index (χ4v) is 1.84. The number of hydrogen-bond donors (Lipinski definition) is 2. The minimum absolute atomic E-state index is 0.628. The molecular formula is C12H27NS. The van der Waals surface area contributed by atoms with E-state index in [1.807, 2.05) is 0 Å². The van der Waals surface area contributed by atoms with Crippen molar-refractivity contribution in [3.05, 3.63) is 0 Å². The maximum atomic E-state index is 4.58. The smallest absolute Gasteiger partial charge is 0.00172 e. The lowest BCUT2D eigenvalue weighted by Crippen LogP contribution is -2.17. The molecule has 0 aromatic rings. The minimum Gasteiger partial charge on any atom is -0.317 e. The molecule has 0 aromatic heterocycles. The Morgan fingerprint density at radius 1 is 0.929 bits per heavy atom. The first-order chi connectivity index (χ1) is 6.81. The van der Waals surface area contributed by atoms with Crippen LogP contribution in [0.15, 0.2) is 0 Å². The fraction of sp³-hybridized carbons (Fsp3) is 1.00. The van der Waals surface area contributed by atoms with Crippen LogP contribution in [0.3, 0.4) is 0 Å². The van der Waals surface area contributed by atoms with Gasteiger partial charge in [-0.05, 0) is 38.8 Å². The van der Waals surface area contributed by atoms with Crippen molar-refractivity contribution in [2.45, 2.75) is 64.0 Å². The Morgan fingerprint density at radius 2 is 1.50 bits per heavy atom. The standard InChI is InChI=1S/C12H27NS/c1-3-5-8-12(14)9-7-11-13-10-6-4-2/h12-14H,3-11H2,1-2H3. The van der Waals surface area contributed by atoms with Crippen LogP contribution in [0.5, 0.6) is 0 Å². The van der Waals surface area contributed by atoms with Crippen LogP contribution in [0.2, 0.25) is 0 Å². The molecule has 1 N–H and O–H groups in total. The van der Waals surface area contributed by atoms with Gasteiger partial charge in [-0.25, -0.2) is 0 Å². The summed E-state index contributed by atoms with van der Waals surface area (Å²) in [6.45, 7) is 6.83. The maximum Gasteiger partial charge on any atom is 0.00172 e. The molecule has 0 saturated carbocycles. The van der Waals surface area contributed by atoms with Gasteiger partial charge < -0.3 is 5.32 Å². The highest BCUT2D eigenvalue weighted by Crippen LogP contribution is 2.12. The van der Waals surface area contributed by atoms with Gasteiger partial charge in [0.25, 0.3) is 0 Å². The van der Waals surface area contributed by atoms with Gasteiger partial charge in [-0.15, -0.1) is 0 Å².